The van der Waals surface area contributed by atoms with Gasteiger partial charge in [0.15, 0.2) is 5.76 Å². The molecular formula is C28H29NO2. The molecule has 3 aromatic carbocycles. The van der Waals surface area contributed by atoms with Crippen LogP contribution < -0.4 is 5.32 Å². The van der Waals surface area contributed by atoms with Crippen LogP contribution in [0.1, 0.15) is 59.3 Å². The highest BCUT2D eigenvalue weighted by molar-refractivity contribution is 5.92. The van der Waals surface area contributed by atoms with E-state index in [1.165, 1.54) is 22.1 Å². The van der Waals surface area contributed by atoms with Gasteiger partial charge >= 0.3 is 0 Å². The molecule has 0 radical (unpaired) electrons. The van der Waals surface area contributed by atoms with Crippen LogP contribution in [0.4, 0.5) is 0 Å². The lowest BCUT2D eigenvalue weighted by Gasteiger charge is -2.20. The summed E-state index contributed by atoms with van der Waals surface area (Å²) in [6.07, 6.45) is 0.673. The van der Waals surface area contributed by atoms with Crippen molar-refractivity contribution in [3.05, 3.63) is 107 Å². The van der Waals surface area contributed by atoms with Crippen molar-refractivity contribution in [3.8, 4) is 0 Å². The summed E-state index contributed by atoms with van der Waals surface area (Å²) in [5.74, 6) is 0.948. The number of rotatable bonds is 5. The third kappa shape index (κ3) is 4.72. The number of benzene rings is 3. The average molecular weight is 412 g/mol. The van der Waals surface area contributed by atoms with Crippen LogP contribution >= 0.6 is 0 Å². The van der Waals surface area contributed by atoms with Crippen LogP contribution in [0.5, 0.6) is 0 Å². The second kappa shape index (κ2) is 8.43. The lowest BCUT2D eigenvalue weighted by Crippen LogP contribution is -2.22. The first-order valence-electron chi connectivity index (χ1n) is 10.7. The second-order valence-corrected chi connectivity index (χ2v) is 9.15. The van der Waals surface area contributed by atoms with E-state index in [1.54, 1.807) is 6.07 Å². The fourth-order valence-electron chi connectivity index (χ4n) is 3.82. The van der Waals surface area contributed by atoms with Gasteiger partial charge in [-0.25, -0.2) is 0 Å². The number of carbonyl (C=O) groups excluding carboxylic acids is 1. The molecular weight excluding hydrogens is 382 g/mol. The molecule has 1 amide bonds. The Labute approximate surface area is 184 Å². The van der Waals surface area contributed by atoms with E-state index in [0.29, 0.717) is 18.7 Å². The van der Waals surface area contributed by atoms with Gasteiger partial charge in [0.25, 0.3) is 5.91 Å². The normalized spacial score (nSPS) is 11.6. The third-order valence-electron chi connectivity index (χ3n) is 5.78. The van der Waals surface area contributed by atoms with Crippen LogP contribution in [-0.4, -0.2) is 5.91 Å². The van der Waals surface area contributed by atoms with Crippen LogP contribution in [0, 0.1) is 6.92 Å². The number of aryl methyl sites for hydroxylation is 1. The second-order valence-electron chi connectivity index (χ2n) is 9.15. The van der Waals surface area contributed by atoms with E-state index in [1.807, 2.05) is 30.3 Å². The first-order chi connectivity index (χ1) is 14.8. The van der Waals surface area contributed by atoms with E-state index >= 15 is 0 Å². The molecule has 3 nitrogen and oxygen atoms in total. The first-order valence-corrected chi connectivity index (χ1v) is 10.7. The van der Waals surface area contributed by atoms with Crippen LogP contribution in [0.15, 0.2) is 77.2 Å². The zero-order valence-electron chi connectivity index (χ0n) is 18.7. The van der Waals surface area contributed by atoms with Crippen molar-refractivity contribution in [2.45, 2.75) is 46.1 Å². The van der Waals surface area contributed by atoms with Gasteiger partial charge in [-0.05, 0) is 57.5 Å². The summed E-state index contributed by atoms with van der Waals surface area (Å²) in [5.41, 5.74) is 4.94. The molecule has 0 saturated heterocycles. The number of amides is 1. The summed E-state index contributed by atoms with van der Waals surface area (Å²) in [7, 11) is 0. The van der Waals surface area contributed by atoms with Crippen molar-refractivity contribution < 1.29 is 9.21 Å². The lowest BCUT2D eigenvalue weighted by atomic mass is 9.85. The van der Waals surface area contributed by atoms with Gasteiger partial charge in [-0.2, -0.15) is 0 Å². The predicted octanol–water partition coefficient (Wildman–Crippen LogP) is 6.56. The van der Waals surface area contributed by atoms with Gasteiger partial charge in [0.05, 0.1) is 0 Å². The Kier molecular flexibility index (Phi) is 5.69. The van der Waals surface area contributed by atoms with E-state index in [0.717, 1.165) is 16.7 Å². The van der Waals surface area contributed by atoms with Crippen molar-refractivity contribution in [2.75, 3.05) is 0 Å². The number of fused-ring (bicyclic) bond motifs is 1. The van der Waals surface area contributed by atoms with Gasteiger partial charge < -0.3 is 9.73 Å². The van der Waals surface area contributed by atoms with E-state index in [-0.39, 0.29) is 11.3 Å². The number of nitrogens with one attached hydrogen (secondary N) is 1. The van der Waals surface area contributed by atoms with Crippen molar-refractivity contribution in [1.29, 1.82) is 0 Å². The first kappa shape index (κ1) is 20.9. The molecule has 0 bridgehead atoms. The van der Waals surface area contributed by atoms with Gasteiger partial charge in [-0.15, -0.1) is 0 Å². The van der Waals surface area contributed by atoms with Gasteiger partial charge in [0.1, 0.15) is 5.76 Å². The number of carbonyl (C=O) groups is 1. The molecule has 0 saturated carbocycles. The molecule has 0 fully saturated rings. The molecule has 1 heterocycles. The summed E-state index contributed by atoms with van der Waals surface area (Å²) < 4.78 is 5.89. The molecule has 3 heteroatoms. The standard InChI is InChI=1S/C28H29NO2/c1-19-12-13-23(28(2,3)4)16-22(19)17-24-14-15-26(31-24)27(30)29-18-21-10-7-9-20-8-5-6-11-25(20)21/h5-16H,17-18H2,1-4H3,(H,29,30). The highest BCUT2D eigenvalue weighted by Gasteiger charge is 2.16. The van der Waals surface area contributed by atoms with Gasteiger partial charge in [-0.1, -0.05) is 81.4 Å². The SMILES string of the molecule is Cc1ccc(C(C)(C)C)cc1Cc1ccc(C(=O)NCc2cccc3ccccc23)o1. The minimum absolute atomic E-state index is 0.0955. The highest BCUT2D eigenvalue weighted by Crippen LogP contribution is 2.26. The summed E-state index contributed by atoms with van der Waals surface area (Å²) in [6, 6.07) is 24.6. The molecule has 0 aliphatic heterocycles. The van der Waals surface area contributed by atoms with Crippen molar-refractivity contribution in [2.24, 2.45) is 0 Å². The van der Waals surface area contributed by atoms with Crippen molar-refractivity contribution >= 4 is 16.7 Å². The van der Waals surface area contributed by atoms with E-state index in [4.69, 9.17) is 4.42 Å². The predicted molar refractivity (Wildman–Crippen MR) is 127 cm³/mol. The topological polar surface area (TPSA) is 42.2 Å². The van der Waals surface area contributed by atoms with Crippen LogP contribution in [0.2, 0.25) is 0 Å². The molecule has 1 N–H and O–H groups in total. The fraction of sp³-hybridized carbons (Fsp3) is 0.250. The number of hydrogen-bond donors (Lipinski definition) is 1. The van der Waals surface area contributed by atoms with Crippen LogP contribution in [0.3, 0.4) is 0 Å². The minimum atomic E-state index is -0.195. The molecule has 0 aliphatic carbocycles. The number of furan rings is 1. The minimum Gasteiger partial charge on any atom is -0.456 e. The monoisotopic (exact) mass is 411 g/mol. The maximum atomic E-state index is 12.7. The number of hydrogen-bond acceptors (Lipinski definition) is 2. The zero-order valence-corrected chi connectivity index (χ0v) is 18.7. The highest BCUT2D eigenvalue weighted by atomic mass is 16.3. The smallest absolute Gasteiger partial charge is 0.287 e. The van der Waals surface area contributed by atoms with E-state index in [2.05, 4.69) is 69.4 Å². The molecule has 0 spiro atoms. The Morgan fingerprint density at radius 3 is 2.48 bits per heavy atom. The largest absolute Gasteiger partial charge is 0.456 e. The molecule has 0 aliphatic rings. The molecule has 0 unspecified atom stereocenters. The molecule has 1 aromatic heterocycles. The maximum Gasteiger partial charge on any atom is 0.287 e. The Bertz CT molecular complexity index is 1220. The van der Waals surface area contributed by atoms with Gasteiger partial charge in [0.2, 0.25) is 0 Å². The molecule has 0 atom stereocenters. The Balaban J connectivity index is 1.46. The van der Waals surface area contributed by atoms with Crippen LogP contribution in [0.25, 0.3) is 10.8 Å². The lowest BCUT2D eigenvalue weighted by molar-refractivity contribution is 0.0921. The Morgan fingerprint density at radius 1 is 0.903 bits per heavy atom. The quantitative estimate of drug-likeness (QED) is 0.404. The van der Waals surface area contributed by atoms with E-state index in [9.17, 15) is 4.79 Å². The maximum absolute atomic E-state index is 12.7. The summed E-state index contributed by atoms with van der Waals surface area (Å²) in [6.45, 7) is 9.22. The van der Waals surface area contributed by atoms with Crippen molar-refractivity contribution in [1.82, 2.24) is 5.32 Å². The van der Waals surface area contributed by atoms with Gasteiger partial charge in [0, 0.05) is 13.0 Å². The van der Waals surface area contributed by atoms with E-state index < -0.39 is 0 Å². The van der Waals surface area contributed by atoms with Crippen molar-refractivity contribution in [3.63, 3.8) is 0 Å². The fourth-order valence-corrected chi connectivity index (χ4v) is 3.82. The molecule has 4 aromatic rings. The summed E-state index contributed by atoms with van der Waals surface area (Å²) in [5, 5.41) is 5.31. The molecule has 4 rings (SSSR count). The zero-order chi connectivity index (χ0) is 22.0. The average Bonchev–Trinajstić information content (AvgIpc) is 3.21. The summed E-state index contributed by atoms with van der Waals surface area (Å²) in [4.78, 5) is 12.7. The summed E-state index contributed by atoms with van der Waals surface area (Å²) >= 11 is 0. The van der Waals surface area contributed by atoms with Gasteiger partial charge in [-0.3, -0.25) is 4.79 Å². The van der Waals surface area contributed by atoms with Crippen LogP contribution in [-0.2, 0) is 18.4 Å². The molecule has 31 heavy (non-hydrogen) atoms. The Hall–Kier alpha value is -3.33. The molecule has 158 valence electrons. The Morgan fingerprint density at radius 2 is 1.68 bits per heavy atom. The third-order valence-corrected chi connectivity index (χ3v) is 5.78.